The van der Waals surface area contributed by atoms with Crippen LogP contribution in [0.1, 0.15) is 30.8 Å². The van der Waals surface area contributed by atoms with Gasteiger partial charge in [0.25, 0.3) is 5.91 Å². The summed E-state index contributed by atoms with van der Waals surface area (Å²) in [6, 6.07) is 3.14. The molecule has 2 N–H and O–H groups in total. The Balaban J connectivity index is 1.80. The molecular weight excluding hydrogens is 350 g/mol. The predicted octanol–water partition coefficient (Wildman–Crippen LogP) is 2.65. The first-order valence-corrected chi connectivity index (χ1v) is 9.02. The highest BCUT2D eigenvalue weighted by Crippen LogP contribution is 2.27. The fraction of sp³-hybridized carbons (Fsp3) is 0.333. The van der Waals surface area contributed by atoms with E-state index in [9.17, 15) is 14.4 Å². The van der Waals surface area contributed by atoms with Crippen LogP contribution < -0.4 is 10.6 Å². The standard InChI is InChI=1S/C15H17N3O4S2/c1-3-9(2)16-15(21)18-12(19)7-22-14(20)10-8-24-13(17-10)11-5-4-6-23-11/h4-6,8-9H,3,7H2,1-2H3,(H2,16,18,19,21)/t9-/m0/s1. The number of thiophene rings is 1. The number of esters is 1. The van der Waals surface area contributed by atoms with Gasteiger partial charge in [-0.2, -0.15) is 0 Å². The maximum atomic E-state index is 11.9. The zero-order valence-electron chi connectivity index (χ0n) is 13.2. The van der Waals surface area contributed by atoms with E-state index in [1.807, 2.05) is 31.4 Å². The van der Waals surface area contributed by atoms with Crippen molar-refractivity contribution in [2.75, 3.05) is 6.61 Å². The van der Waals surface area contributed by atoms with Crippen molar-refractivity contribution in [3.8, 4) is 9.88 Å². The van der Waals surface area contributed by atoms with Crippen molar-refractivity contribution in [1.82, 2.24) is 15.6 Å². The Bertz CT molecular complexity index is 712. The SMILES string of the molecule is CC[C@H](C)NC(=O)NC(=O)COC(=O)c1csc(-c2cccs2)n1. The number of nitrogens with zero attached hydrogens (tertiary/aromatic N) is 1. The first kappa shape index (κ1) is 18.1. The van der Waals surface area contributed by atoms with E-state index in [2.05, 4.69) is 15.6 Å². The van der Waals surface area contributed by atoms with Crippen molar-refractivity contribution in [3.05, 3.63) is 28.6 Å². The van der Waals surface area contributed by atoms with Gasteiger partial charge in [0.1, 0.15) is 5.01 Å². The first-order valence-electron chi connectivity index (χ1n) is 7.26. The molecule has 0 saturated carbocycles. The molecule has 0 saturated heterocycles. The summed E-state index contributed by atoms with van der Waals surface area (Å²) in [6.45, 7) is 3.18. The molecule has 0 spiro atoms. The molecule has 7 nitrogen and oxygen atoms in total. The van der Waals surface area contributed by atoms with Crippen molar-refractivity contribution in [3.63, 3.8) is 0 Å². The molecule has 0 unspecified atom stereocenters. The number of hydrogen-bond acceptors (Lipinski definition) is 7. The third-order valence-corrected chi connectivity index (χ3v) is 4.90. The smallest absolute Gasteiger partial charge is 0.358 e. The van der Waals surface area contributed by atoms with E-state index >= 15 is 0 Å². The maximum Gasteiger partial charge on any atom is 0.358 e. The van der Waals surface area contributed by atoms with Crippen molar-refractivity contribution >= 4 is 40.6 Å². The second kappa shape index (κ2) is 8.55. The molecule has 1 atom stereocenters. The average molecular weight is 367 g/mol. The largest absolute Gasteiger partial charge is 0.451 e. The molecule has 0 radical (unpaired) electrons. The van der Waals surface area contributed by atoms with Crippen molar-refractivity contribution in [2.45, 2.75) is 26.3 Å². The van der Waals surface area contributed by atoms with Crippen LogP contribution in [-0.4, -0.2) is 35.5 Å². The number of thiazole rings is 1. The molecule has 9 heteroatoms. The zero-order valence-corrected chi connectivity index (χ0v) is 14.8. The lowest BCUT2D eigenvalue weighted by atomic mass is 10.3. The Morgan fingerprint density at radius 1 is 1.33 bits per heavy atom. The molecule has 0 aliphatic rings. The maximum absolute atomic E-state index is 11.9. The van der Waals surface area contributed by atoms with Gasteiger partial charge in [-0.05, 0) is 24.8 Å². The van der Waals surface area contributed by atoms with Gasteiger partial charge in [0, 0.05) is 11.4 Å². The Hall–Kier alpha value is -2.26. The summed E-state index contributed by atoms with van der Waals surface area (Å²) in [6.07, 6.45) is 0.743. The minimum absolute atomic E-state index is 0.0500. The molecule has 2 aromatic rings. The zero-order chi connectivity index (χ0) is 17.5. The Morgan fingerprint density at radius 2 is 2.12 bits per heavy atom. The van der Waals surface area contributed by atoms with Crippen LogP contribution in [0, 0.1) is 0 Å². The second-order valence-corrected chi connectivity index (χ2v) is 6.73. The molecule has 2 heterocycles. The van der Waals surface area contributed by atoms with Gasteiger partial charge in [0.15, 0.2) is 12.3 Å². The average Bonchev–Trinajstić information content (AvgIpc) is 3.22. The highest BCUT2D eigenvalue weighted by Gasteiger charge is 2.16. The molecular formula is C15H17N3O4S2. The highest BCUT2D eigenvalue weighted by molar-refractivity contribution is 7.20. The second-order valence-electron chi connectivity index (χ2n) is 4.92. The molecule has 24 heavy (non-hydrogen) atoms. The van der Waals surface area contributed by atoms with Gasteiger partial charge in [0.2, 0.25) is 0 Å². The van der Waals surface area contributed by atoms with Crippen LogP contribution in [-0.2, 0) is 9.53 Å². The number of nitrogens with one attached hydrogen (secondary N) is 2. The summed E-state index contributed by atoms with van der Waals surface area (Å²) >= 11 is 2.84. The summed E-state index contributed by atoms with van der Waals surface area (Å²) < 4.78 is 4.87. The molecule has 0 aromatic carbocycles. The molecule has 0 aliphatic heterocycles. The Labute approximate surface area is 147 Å². The van der Waals surface area contributed by atoms with Crippen LogP contribution in [0.25, 0.3) is 9.88 Å². The van der Waals surface area contributed by atoms with Crippen LogP contribution in [0.15, 0.2) is 22.9 Å². The van der Waals surface area contributed by atoms with Gasteiger partial charge in [-0.1, -0.05) is 13.0 Å². The lowest BCUT2D eigenvalue weighted by molar-refractivity contribution is -0.123. The number of urea groups is 1. The summed E-state index contributed by atoms with van der Waals surface area (Å²) in [7, 11) is 0. The van der Waals surface area contributed by atoms with Gasteiger partial charge in [-0.25, -0.2) is 14.6 Å². The number of carbonyl (C=O) groups excluding carboxylic acids is 3. The summed E-state index contributed by atoms with van der Waals surface area (Å²) in [5, 5.41) is 8.89. The number of hydrogen-bond donors (Lipinski definition) is 2. The molecule has 2 aromatic heterocycles. The molecule has 0 aliphatic carbocycles. The van der Waals surface area contributed by atoms with E-state index in [0.29, 0.717) is 5.01 Å². The molecule has 2 rings (SSSR count). The van der Waals surface area contributed by atoms with E-state index in [1.165, 1.54) is 22.7 Å². The van der Waals surface area contributed by atoms with Gasteiger partial charge >= 0.3 is 12.0 Å². The van der Waals surface area contributed by atoms with E-state index in [1.54, 1.807) is 5.38 Å². The van der Waals surface area contributed by atoms with Crippen LogP contribution in [0.5, 0.6) is 0 Å². The summed E-state index contributed by atoms with van der Waals surface area (Å²) in [4.78, 5) is 40.1. The fourth-order valence-corrected chi connectivity index (χ4v) is 3.21. The van der Waals surface area contributed by atoms with Gasteiger partial charge in [-0.15, -0.1) is 22.7 Å². The van der Waals surface area contributed by atoms with Crippen molar-refractivity contribution < 1.29 is 19.1 Å². The number of carbonyl (C=O) groups is 3. The fourth-order valence-electron chi connectivity index (χ4n) is 1.61. The predicted molar refractivity (Wildman–Crippen MR) is 92.1 cm³/mol. The monoisotopic (exact) mass is 367 g/mol. The number of amides is 3. The Morgan fingerprint density at radius 3 is 2.79 bits per heavy atom. The highest BCUT2D eigenvalue weighted by atomic mass is 32.1. The van der Waals surface area contributed by atoms with Gasteiger partial charge in [0.05, 0.1) is 4.88 Å². The minimum atomic E-state index is -0.702. The lowest BCUT2D eigenvalue weighted by Crippen LogP contribution is -2.44. The topological polar surface area (TPSA) is 97.4 Å². The summed E-state index contributed by atoms with van der Waals surface area (Å²) in [5.41, 5.74) is 0.139. The van der Waals surface area contributed by atoms with E-state index in [4.69, 9.17) is 4.74 Å². The van der Waals surface area contributed by atoms with E-state index < -0.39 is 24.5 Å². The normalized spacial score (nSPS) is 11.6. The van der Waals surface area contributed by atoms with E-state index in [-0.39, 0.29) is 11.7 Å². The molecule has 0 fully saturated rings. The lowest BCUT2D eigenvalue weighted by Gasteiger charge is -2.11. The molecule has 128 valence electrons. The molecule has 3 amide bonds. The molecule has 0 bridgehead atoms. The van der Waals surface area contributed by atoms with Crippen molar-refractivity contribution in [1.29, 1.82) is 0 Å². The van der Waals surface area contributed by atoms with Crippen LogP contribution in [0.4, 0.5) is 4.79 Å². The van der Waals surface area contributed by atoms with Crippen molar-refractivity contribution in [2.24, 2.45) is 0 Å². The first-order chi connectivity index (χ1) is 11.5. The third-order valence-electron chi connectivity index (χ3n) is 3.02. The number of ether oxygens (including phenoxy) is 1. The van der Waals surface area contributed by atoms with Crippen LogP contribution in [0.3, 0.4) is 0 Å². The Kier molecular flexibility index (Phi) is 6.44. The third kappa shape index (κ3) is 5.14. The minimum Gasteiger partial charge on any atom is -0.451 e. The van der Waals surface area contributed by atoms with Gasteiger partial charge < -0.3 is 10.1 Å². The van der Waals surface area contributed by atoms with Gasteiger partial charge in [-0.3, -0.25) is 10.1 Å². The van der Waals surface area contributed by atoms with Crippen LogP contribution in [0.2, 0.25) is 0 Å². The summed E-state index contributed by atoms with van der Waals surface area (Å²) in [5.74, 6) is -1.40. The number of aromatic nitrogens is 1. The quantitative estimate of drug-likeness (QED) is 0.765. The number of imide groups is 1. The van der Waals surface area contributed by atoms with E-state index in [0.717, 1.165) is 11.3 Å². The number of rotatable bonds is 6. The van der Waals surface area contributed by atoms with Crippen LogP contribution >= 0.6 is 22.7 Å².